The molecule has 0 aliphatic rings. The van der Waals surface area contributed by atoms with Crippen LogP contribution in [0.25, 0.3) is 0 Å². The number of carbonyl (C=O) groups is 1. The quantitative estimate of drug-likeness (QED) is 0.721. The van der Waals surface area contributed by atoms with Gasteiger partial charge in [-0.2, -0.15) is 0 Å². The van der Waals surface area contributed by atoms with E-state index in [0.717, 1.165) is 6.42 Å². The lowest BCUT2D eigenvalue weighted by molar-refractivity contribution is -0.116. The first-order valence-corrected chi connectivity index (χ1v) is 4.32. The molecule has 0 saturated heterocycles. The minimum Gasteiger partial charge on any atom is -0.365 e. The van der Waals surface area contributed by atoms with Crippen LogP contribution in [0.4, 0.5) is 0 Å². The summed E-state index contributed by atoms with van der Waals surface area (Å²) in [6, 6.07) is 4.10. The van der Waals surface area contributed by atoms with E-state index in [0.29, 0.717) is 6.42 Å². The van der Waals surface area contributed by atoms with Crippen LogP contribution >= 0.6 is 0 Å². The number of hydrogen-bond donors (Lipinski definition) is 1. The Balaban J connectivity index is 0.000000217. The Kier molecular flexibility index (Phi) is 6.07. The molecule has 1 heterocycles. The maximum Gasteiger partial charge on any atom is 0.129 e. The van der Waals surface area contributed by atoms with Crippen molar-refractivity contribution in [1.29, 1.82) is 0 Å². The monoisotopic (exact) mass is 167 g/mol. The molecular weight excluding hydrogens is 150 g/mol. The van der Waals surface area contributed by atoms with Gasteiger partial charge in [0.05, 0.1) is 0 Å². The summed E-state index contributed by atoms with van der Waals surface area (Å²) in [5.41, 5.74) is 1.31. The van der Waals surface area contributed by atoms with Crippen LogP contribution in [0.2, 0.25) is 0 Å². The van der Waals surface area contributed by atoms with E-state index in [1.807, 2.05) is 19.2 Å². The van der Waals surface area contributed by atoms with E-state index >= 15 is 0 Å². The fourth-order valence-electron chi connectivity index (χ4n) is 0.587. The summed E-state index contributed by atoms with van der Waals surface area (Å²) in [5.74, 6) is 0.255. The zero-order valence-electron chi connectivity index (χ0n) is 8.05. The molecule has 1 aromatic heterocycles. The molecule has 1 rings (SSSR count). The molecule has 12 heavy (non-hydrogen) atoms. The molecule has 0 fully saturated rings. The molecule has 0 aliphatic heterocycles. The minimum absolute atomic E-state index is 0.255. The number of aryl methyl sites for hydroxylation is 1. The van der Waals surface area contributed by atoms with Gasteiger partial charge < -0.3 is 9.78 Å². The molecule has 2 heteroatoms. The van der Waals surface area contributed by atoms with Crippen LogP contribution in [0.1, 0.15) is 32.9 Å². The average Bonchev–Trinajstić information content (AvgIpc) is 2.57. The topological polar surface area (TPSA) is 32.9 Å². The first-order chi connectivity index (χ1) is 5.70. The van der Waals surface area contributed by atoms with Crippen molar-refractivity contribution in [2.24, 2.45) is 0 Å². The van der Waals surface area contributed by atoms with Gasteiger partial charge in [0.2, 0.25) is 0 Å². The summed E-state index contributed by atoms with van der Waals surface area (Å²) in [6.45, 7) is 5.56. The summed E-state index contributed by atoms with van der Waals surface area (Å²) in [6.07, 6.45) is 3.71. The third-order valence-corrected chi connectivity index (χ3v) is 1.54. The van der Waals surface area contributed by atoms with E-state index in [-0.39, 0.29) is 5.78 Å². The number of nitrogens with one attached hydrogen (secondary N) is 1. The SMILES string of the molecule is CCC(C)=O.CCc1ccc[nH]1. The first kappa shape index (κ1) is 11.0. The molecule has 0 bridgehead atoms. The van der Waals surface area contributed by atoms with Gasteiger partial charge in [-0.15, -0.1) is 0 Å². The van der Waals surface area contributed by atoms with Crippen LogP contribution in [0, 0.1) is 0 Å². The first-order valence-electron chi connectivity index (χ1n) is 4.32. The third-order valence-electron chi connectivity index (χ3n) is 1.54. The van der Waals surface area contributed by atoms with Crippen LogP contribution in [-0.2, 0) is 11.2 Å². The normalized spacial score (nSPS) is 8.58. The van der Waals surface area contributed by atoms with Gasteiger partial charge in [0.25, 0.3) is 0 Å². The number of rotatable bonds is 2. The molecule has 1 N–H and O–H groups in total. The van der Waals surface area contributed by atoms with Gasteiger partial charge in [-0.25, -0.2) is 0 Å². The van der Waals surface area contributed by atoms with E-state index in [4.69, 9.17) is 0 Å². The van der Waals surface area contributed by atoms with Gasteiger partial charge in [-0.1, -0.05) is 13.8 Å². The second-order valence-corrected chi connectivity index (χ2v) is 2.60. The second-order valence-electron chi connectivity index (χ2n) is 2.60. The summed E-state index contributed by atoms with van der Waals surface area (Å²) >= 11 is 0. The zero-order chi connectivity index (χ0) is 9.40. The molecule has 0 atom stereocenters. The van der Waals surface area contributed by atoms with E-state index in [9.17, 15) is 4.79 Å². The van der Waals surface area contributed by atoms with Crippen molar-refractivity contribution in [3.8, 4) is 0 Å². The van der Waals surface area contributed by atoms with Crippen molar-refractivity contribution in [2.75, 3.05) is 0 Å². The molecule has 0 aliphatic carbocycles. The summed E-state index contributed by atoms with van der Waals surface area (Å²) in [7, 11) is 0. The van der Waals surface area contributed by atoms with Crippen molar-refractivity contribution in [1.82, 2.24) is 4.98 Å². The zero-order valence-corrected chi connectivity index (χ0v) is 8.05. The van der Waals surface area contributed by atoms with Gasteiger partial charge in [0, 0.05) is 18.3 Å². The summed E-state index contributed by atoms with van der Waals surface area (Å²) in [5, 5.41) is 0. The molecular formula is C10H17NO. The van der Waals surface area contributed by atoms with Crippen LogP contribution in [-0.4, -0.2) is 10.8 Å². The Labute approximate surface area is 74.0 Å². The van der Waals surface area contributed by atoms with Gasteiger partial charge in [0.1, 0.15) is 5.78 Å². The van der Waals surface area contributed by atoms with Crippen LogP contribution in [0.3, 0.4) is 0 Å². The van der Waals surface area contributed by atoms with Crippen molar-refractivity contribution in [3.05, 3.63) is 24.0 Å². The number of ketones is 1. The summed E-state index contributed by atoms with van der Waals surface area (Å²) < 4.78 is 0. The van der Waals surface area contributed by atoms with E-state index < -0.39 is 0 Å². The lowest BCUT2D eigenvalue weighted by Gasteiger charge is -1.81. The minimum atomic E-state index is 0.255. The maximum atomic E-state index is 9.81. The van der Waals surface area contributed by atoms with Gasteiger partial charge in [0.15, 0.2) is 0 Å². The fraction of sp³-hybridized carbons (Fsp3) is 0.500. The largest absolute Gasteiger partial charge is 0.365 e. The lowest BCUT2D eigenvalue weighted by atomic mass is 10.4. The number of aromatic amines is 1. The Hall–Kier alpha value is -1.05. The van der Waals surface area contributed by atoms with E-state index in [2.05, 4.69) is 18.0 Å². The standard InChI is InChI=1S/C6H9N.C4H8O/c1-2-6-4-3-5-7-6;1-3-4(2)5/h3-5,7H,2H2,1H3;3H2,1-2H3. The van der Waals surface area contributed by atoms with Crippen LogP contribution in [0.15, 0.2) is 18.3 Å². The molecule has 0 spiro atoms. The Morgan fingerprint density at radius 3 is 2.25 bits per heavy atom. The van der Waals surface area contributed by atoms with E-state index in [1.165, 1.54) is 5.69 Å². The maximum absolute atomic E-state index is 9.81. The second kappa shape index (κ2) is 6.65. The Morgan fingerprint density at radius 2 is 2.08 bits per heavy atom. The number of Topliss-reactive ketones (excluding diaryl/α,β-unsaturated/α-hetero) is 1. The molecule has 0 unspecified atom stereocenters. The van der Waals surface area contributed by atoms with Crippen molar-refractivity contribution >= 4 is 5.78 Å². The smallest absolute Gasteiger partial charge is 0.129 e. The highest BCUT2D eigenvalue weighted by molar-refractivity contribution is 5.74. The highest BCUT2D eigenvalue weighted by Crippen LogP contribution is 1.92. The number of carbonyl (C=O) groups excluding carboxylic acids is 1. The van der Waals surface area contributed by atoms with Crippen molar-refractivity contribution < 1.29 is 4.79 Å². The predicted molar refractivity (Wildman–Crippen MR) is 51.1 cm³/mol. The molecule has 68 valence electrons. The molecule has 1 aromatic rings. The number of aromatic nitrogens is 1. The Bertz CT molecular complexity index is 202. The van der Waals surface area contributed by atoms with E-state index in [1.54, 1.807) is 6.92 Å². The number of hydrogen-bond acceptors (Lipinski definition) is 1. The van der Waals surface area contributed by atoms with Crippen LogP contribution < -0.4 is 0 Å². The predicted octanol–water partition coefficient (Wildman–Crippen LogP) is 2.56. The fourth-order valence-corrected chi connectivity index (χ4v) is 0.587. The number of H-pyrrole nitrogens is 1. The third kappa shape index (κ3) is 5.71. The van der Waals surface area contributed by atoms with Crippen molar-refractivity contribution in [2.45, 2.75) is 33.6 Å². The molecule has 0 saturated carbocycles. The average molecular weight is 167 g/mol. The highest BCUT2D eigenvalue weighted by atomic mass is 16.1. The molecule has 0 aromatic carbocycles. The van der Waals surface area contributed by atoms with Crippen LogP contribution in [0.5, 0.6) is 0 Å². The van der Waals surface area contributed by atoms with Gasteiger partial charge >= 0.3 is 0 Å². The highest BCUT2D eigenvalue weighted by Gasteiger charge is 1.80. The Morgan fingerprint density at radius 1 is 1.50 bits per heavy atom. The molecule has 0 amide bonds. The van der Waals surface area contributed by atoms with Crippen molar-refractivity contribution in [3.63, 3.8) is 0 Å². The molecule has 2 nitrogen and oxygen atoms in total. The van der Waals surface area contributed by atoms with Gasteiger partial charge in [-0.05, 0) is 25.5 Å². The molecule has 0 radical (unpaired) electrons. The summed E-state index contributed by atoms with van der Waals surface area (Å²) in [4.78, 5) is 12.9. The van der Waals surface area contributed by atoms with Gasteiger partial charge in [-0.3, -0.25) is 0 Å². The lowest BCUT2D eigenvalue weighted by Crippen LogP contribution is -1.80.